The van der Waals surface area contributed by atoms with Crippen molar-refractivity contribution in [3.63, 3.8) is 0 Å². The molecule has 1 atom stereocenters. The number of benzene rings is 1. The van der Waals surface area contributed by atoms with Gasteiger partial charge in [0.2, 0.25) is 5.91 Å². The third-order valence-corrected chi connectivity index (χ3v) is 4.29. The van der Waals surface area contributed by atoms with Gasteiger partial charge in [0.1, 0.15) is 5.25 Å². The van der Waals surface area contributed by atoms with Gasteiger partial charge in [-0.2, -0.15) is 0 Å². The van der Waals surface area contributed by atoms with Crippen LogP contribution in [-0.2, 0) is 16.0 Å². The standard InChI is InChI=1S/C14H18ClNO3S/c1-2-12(14(18)19)20-9-13(17)16-7-6-10-4-3-5-11(15)8-10/h3-5,8,12H,2,6-7,9H2,1H3,(H,16,17)(H,18,19). The molecule has 1 unspecified atom stereocenters. The molecular formula is C14H18ClNO3S. The number of aliphatic carboxylic acids is 1. The quantitative estimate of drug-likeness (QED) is 0.774. The molecule has 0 aliphatic carbocycles. The number of carboxylic acid groups (broad SMARTS) is 1. The summed E-state index contributed by atoms with van der Waals surface area (Å²) in [4.78, 5) is 22.4. The van der Waals surface area contributed by atoms with Crippen LogP contribution in [0.1, 0.15) is 18.9 Å². The maximum atomic E-state index is 11.6. The lowest BCUT2D eigenvalue weighted by Gasteiger charge is -2.09. The van der Waals surface area contributed by atoms with Crippen LogP contribution < -0.4 is 5.32 Å². The molecule has 1 amide bonds. The number of nitrogens with one attached hydrogen (secondary N) is 1. The van der Waals surface area contributed by atoms with Crippen LogP contribution in [0.3, 0.4) is 0 Å². The minimum absolute atomic E-state index is 0.142. The van der Waals surface area contributed by atoms with Crippen LogP contribution in [0.15, 0.2) is 24.3 Å². The number of hydrogen-bond acceptors (Lipinski definition) is 3. The van der Waals surface area contributed by atoms with E-state index in [-0.39, 0.29) is 11.7 Å². The molecule has 0 heterocycles. The number of carboxylic acids is 1. The van der Waals surface area contributed by atoms with E-state index in [9.17, 15) is 9.59 Å². The lowest BCUT2D eigenvalue weighted by Crippen LogP contribution is -2.29. The zero-order chi connectivity index (χ0) is 15.0. The minimum Gasteiger partial charge on any atom is -0.480 e. The lowest BCUT2D eigenvalue weighted by atomic mass is 10.1. The predicted molar refractivity (Wildman–Crippen MR) is 82.3 cm³/mol. The summed E-state index contributed by atoms with van der Waals surface area (Å²) in [6.45, 7) is 2.31. The van der Waals surface area contributed by atoms with Gasteiger partial charge in [-0.15, -0.1) is 11.8 Å². The van der Waals surface area contributed by atoms with Gasteiger partial charge in [-0.05, 0) is 30.5 Å². The van der Waals surface area contributed by atoms with Gasteiger partial charge in [0.15, 0.2) is 0 Å². The number of rotatable bonds is 8. The van der Waals surface area contributed by atoms with Crippen molar-refractivity contribution < 1.29 is 14.7 Å². The third-order valence-electron chi connectivity index (χ3n) is 2.69. The molecule has 6 heteroatoms. The van der Waals surface area contributed by atoms with Gasteiger partial charge in [0.05, 0.1) is 5.75 Å². The Hall–Kier alpha value is -1.20. The highest BCUT2D eigenvalue weighted by atomic mass is 35.5. The van der Waals surface area contributed by atoms with Crippen LogP contribution in [0.2, 0.25) is 5.02 Å². The Bertz CT molecular complexity index is 467. The fourth-order valence-electron chi connectivity index (χ4n) is 1.63. The van der Waals surface area contributed by atoms with Gasteiger partial charge in [-0.1, -0.05) is 30.7 Å². The second kappa shape index (κ2) is 8.87. The van der Waals surface area contributed by atoms with E-state index in [1.165, 1.54) is 0 Å². The fraction of sp³-hybridized carbons (Fsp3) is 0.429. The zero-order valence-corrected chi connectivity index (χ0v) is 12.8. The van der Waals surface area contributed by atoms with Crippen LogP contribution >= 0.6 is 23.4 Å². The van der Waals surface area contributed by atoms with E-state index >= 15 is 0 Å². The van der Waals surface area contributed by atoms with Gasteiger partial charge < -0.3 is 10.4 Å². The molecule has 0 fully saturated rings. The van der Waals surface area contributed by atoms with Gasteiger partial charge in [0.25, 0.3) is 0 Å². The maximum absolute atomic E-state index is 11.6. The Morgan fingerprint density at radius 1 is 1.45 bits per heavy atom. The Balaban J connectivity index is 2.25. The number of thioether (sulfide) groups is 1. The molecule has 0 aromatic heterocycles. The third kappa shape index (κ3) is 6.30. The van der Waals surface area contributed by atoms with Crippen LogP contribution in [0.5, 0.6) is 0 Å². The molecule has 0 saturated carbocycles. The Morgan fingerprint density at radius 2 is 2.20 bits per heavy atom. The number of amides is 1. The van der Waals surface area contributed by atoms with Crippen molar-refractivity contribution in [3.05, 3.63) is 34.9 Å². The van der Waals surface area contributed by atoms with E-state index in [1.54, 1.807) is 13.0 Å². The first kappa shape index (κ1) is 16.9. The Labute approximate surface area is 127 Å². The Kier molecular flexibility index (Phi) is 7.47. The molecule has 1 aromatic carbocycles. The first-order valence-electron chi connectivity index (χ1n) is 6.38. The van der Waals surface area contributed by atoms with Crippen LogP contribution in [0.4, 0.5) is 0 Å². The summed E-state index contributed by atoms with van der Waals surface area (Å²) < 4.78 is 0. The lowest BCUT2D eigenvalue weighted by molar-refractivity contribution is -0.136. The zero-order valence-electron chi connectivity index (χ0n) is 11.3. The van der Waals surface area contributed by atoms with Crippen LogP contribution in [-0.4, -0.2) is 34.5 Å². The molecule has 0 saturated heterocycles. The molecule has 0 aliphatic rings. The monoisotopic (exact) mass is 315 g/mol. The SMILES string of the molecule is CCC(SCC(=O)NCCc1cccc(Cl)c1)C(=O)O. The number of hydrogen-bond donors (Lipinski definition) is 2. The fourth-order valence-corrected chi connectivity index (χ4v) is 2.68. The van der Waals surface area contributed by atoms with Crippen LogP contribution in [0, 0.1) is 0 Å². The second-order valence-corrected chi connectivity index (χ2v) is 5.90. The average Bonchev–Trinajstić information content (AvgIpc) is 2.39. The molecule has 2 N–H and O–H groups in total. The van der Waals surface area contributed by atoms with E-state index in [0.717, 1.165) is 17.3 Å². The number of carbonyl (C=O) groups excluding carboxylic acids is 1. The average molecular weight is 316 g/mol. The van der Waals surface area contributed by atoms with Crippen LogP contribution in [0.25, 0.3) is 0 Å². The summed E-state index contributed by atoms with van der Waals surface area (Å²) in [5.41, 5.74) is 1.06. The summed E-state index contributed by atoms with van der Waals surface area (Å²) in [6.07, 6.45) is 1.21. The summed E-state index contributed by atoms with van der Waals surface area (Å²) in [6, 6.07) is 7.48. The van der Waals surface area contributed by atoms with Gasteiger partial charge in [-0.25, -0.2) is 0 Å². The van der Waals surface area contributed by atoms with E-state index in [4.69, 9.17) is 16.7 Å². The molecule has 1 rings (SSSR count). The van der Waals surface area contributed by atoms with Crippen molar-refractivity contribution in [2.45, 2.75) is 25.0 Å². The topological polar surface area (TPSA) is 66.4 Å². The number of halogens is 1. The van der Waals surface area contributed by atoms with E-state index in [2.05, 4.69) is 5.32 Å². The highest BCUT2D eigenvalue weighted by Crippen LogP contribution is 2.14. The summed E-state index contributed by atoms with van der Waals surface area (Å²) in [5, 5.41) is 11.8. The first-order valence-corrected chi connectivity index (χ1v) is 7.81. The van der Waals surface area contributed by atoms with E-state index in [1.807, 2.05) is 18.2 Å². The smallest absolute Gasteiger partial charge is 0.316 e. The highest BCUT2D eigenvalue weighted by molar-refractivity contribution is 8.01. The predicted octanol–water partition coefficient (Wildman–Crippen LogP) is 2.60. The molecule has 0 radical (unpaired) electrons. The summed E-state index contributed by atoms with van der Waals surface area (Å²) in [7, 11) is 0. The summed E-state index contributed by atoms with van der Waals surface area (Å²) in [5.74, 6) is -0.846. The van der Waals surface area contributed by atoms with Crippen molar-refractivity contribution in [1.82, 2.24) is 5.32 Å². The van der Waals surface area contributed by atoms with Crippen molar-refractivity contribution in [1.29, 1.82) is 0 Å². The molecular weight excluding hydrogens is 298 g/mol. The Morgan fingerprint density at radius 3 is 2.80 bits per heavy atom. The van der Waals surface area contributed by atoms with Crippen molar-refractivity contribution in [2.24, 2.45) is 0 Å². The van der Waals surface area contributed by atoms with Gasteiger partial charge in [0, 0.05) is 11.6 Å². The minimum atomic E-state index is -0.871. The molecule has 0 bridgehead atoms. The molecule has 110 valence electrons. The molecule has 1 aromatic rings. The number of carbonyl (C=O) groups is 2. The summed E-state index contributed by atoms with van der Waals surface area (Å²) >= 11 is 7.02. The van der Waals surface area contributed by atoms with Crippen molar-refractivity contribution in [3.8, 4) is 0 Å². The highest BCUT2D eigenvalue weighted by Gasteiger charge is 2.16. The molecule has 4 nitrogen and oxygen atoms in total. The van der Waals surface area contributed by atoms with Crippen molar-refractivity contribution >= 4 is 35.2 Å². The molecule has 20 heavy (non-hydrogen) atoms. The van der Waals surface area contributed by atoms with Gasteiger partial charge in [-0.3, -0.25) is 9.59 Å². The molecule has 0 aliphatic heterocycles. The van der Waals surface area contributed by atoms with Crippen molar-refractivity contribution in [2.75, 3.05) is 12.3 Å². The van der Waals surface area contributed by atoms with E-state index < -0.39 is 11.2 Å². The van der Waals surface area contributed by atoms with E-state index in [0.29, 0.717) is 24.4 Å². The second-order valence-electron chi connectivity index (χ2n) is 4.28. The molecule has 0 spiro atoms. The largest absolute Gasteiger partial charge is 0.480 e. The normalized spacial score (nSPS) is 11.9. The van der Waals surface area contributed by atoms with Gasteiger partial charge >= 0.3 is 5.97 Å². The first-order chi connectivity index (χ1) is 9.52. The maximum Gasteiger partial charge on any atom is 0.316 e.